The van der Waals surface area contributed by atoms with Gasteiger partial charge in [-0.1, -0.05) is 12.1 Å². The van der Waals surface area contributed by atoms with Crippen LogP contribution < -0.4 is 0 Å². The maximum atomic E-state index is 13.4. The summed E-state index contributed by atoms with van der Waals surface area (Å²) in [5, 5.41) is 114. The number of esters is 1. The minimum atomic E-state index is -1.82. The Labute approximate surface area is 303 Å². The van der Waals surface area contributed by atoms with Crippen molar-refractivity contribution in [2.75, 3.05) is 6.61 Å². The number of aromatic hydroxyl groups is 4. The zero-order valence-electron chi connectivity index (χ0n) is 28.9. The second-order valence-electron chi connectivity index (χ2n) is 13.7. The molecule has 0 aliphatic carbocycles. The molecule has 18 nitrogen and oxygen atoms in total. The second kappa shape index (κ2) is 17.4. The Bertz CT molecular complexity index is 1530. The van der Waals surface area contributed by atoms with Crippen molar-refractivity contribution in [3.63, 3.8) is 0 Å². The summed E-state index contributed by atoms with van der Waals surface area (Å²) in [6, 6.07) is 8.12. The first-order chi connectivity index (χ1) is 25.0. The molecule has 3 aliphatic rings. The molecule has 15 atom stereocenters. The number of aliphatic hydroxyl groups is 7. The lowest BCUT2D eigenvalue weighted by Gasteiger charge is -2.48. The highest BCUT2D eigenvalue weighted by Crippen LogP contribution is 2.38. The van der Waals surface area contributed by atoms with Crippen LogP contribution in [0.2, 0.25) is 0 Å². The van der Waals surface area contributed by atoms with Gasteiger partial charge in [-0.25, -0.2) is 0 Å². The first-order valence-electron chi connectivity index (χ1n) is 17.3. The van der Waals surface area contributed by atoms with Gasteiger partial charge in [0.15, 0.2) is 41.7 Å². The minimum absolute atomic E-state index is 0.0373. The highest BCUT2D eigenvalue weighted by atomic mass is 16.8. The molecule has 2 aromatic carbocycles. The molecule has 2 aromatic rings. The van der Waals surface area contributed by atoms with Gasteiger partial charge in [-0.3, -0.25) is 4.79 Å². The van der Waals surface area contributed by atoms with Crippen LogP contribution in [0.5, 0.6) is 23.0 Å². The Morgan fingerprint density at radius 3 is 1.79 bits per heavy atom. The smallest absolute Gasteiger partial charge is 0.306 e. The van der Waals surface area contributed by atoms with E-state index in [2.05, 4.69) is 0 Å². The SMILES string of the molecule is C[C@@H]1O[C@H](C[C@@H]2[C@H](O)[C@H](OCCc3ccc(O)c(O)c3)O[C@H](O[C@@H]3O[C@H](C)[C@H](O)[C@H](O)[C@@H]3O)[C@@H]2OC(=O)CCc2ccc(O)c(O)c2)[C@H](O)[C@H](O)[C@H]1O. The molecule has 0 unspecified atom stereocenters. The second-order valence-corrected chi connectivity index (χ2v) is 13.7. The van der Waals surface area contributed by atoms with Crippen LogP contribution in [-0.4, -0.2) is 155 Å². The van der Waals surface area contributed by atoms with Gasteiger partial charge < -0.3 is 84.6 Å². The lowest BCUT2D eigenvalue weighted by Crippen LogP contribution is -2.63. The minimum Gasteiger partial charge on any atom is -0.504 e. The summed E-state index contributed by atoms with van der Waals surface area (Å²) < 4.78 is 35.1. The fourth-order valence-electron chi connectivity index (χ4n) is 6.61. The Balaban J connectivity index is 1.43. The Morgan fingerprint density at radius 1 is 0.623 bits per heavy atom. The molecular weight excluding hydrogens is 708 g/mol. The van der Waals surface area contributed by atoms with E-state index in [0.29, 0.717) is 11.1 Å². The van der Waals surface area contributed by atoms with Crippen LogP contribution in [0.25, 0.3) is 0 Å². The lowest BCUT2D eigenvalue weighted by atomic mass is 9.83. The van der Waals surface area contributed by atoms with Gasteiger partial charge in [0.05, 0.1) is 24.9 Å². The fraction of sp³-hybridized carbons (Fsp3) is 0.629. The number of benzene rings is 2. The van der Waals surface area contributed by atoms with E-state index in [-0.39, 0.29) is 49.5 Å². The molecule has 0 aromatic heterocycles. The Kier molecular flexibility index (Phi) is 13.4. The van der Waals surface area contributed by atoms with Gasteiger partial charge in [0.2, 0.25) is 6.29 Å². The van der Waals surface area contributed by atoms with E-state index in [1.807, 2.05) is 0 Å². The molecular formula is C35H48O18. The average molecular weight is 757 g/mol. The third kappa shape index (κ3) is 9.48. The van der Waals surface area contributed by atoms with E-state index >= 15 is 0 Å². The van der Waals surface area contributed by atoms with Gasteiger partial charge in [-0.05, 0) is 68.5 Å². The summed E-state index contributed by atoms with van der Waals surface area (Å²) in [4.78, 5) is 13.4. The molecule has 296 valence electrons. The molecule has 5 rings (SSSR count). The summed E-state index contributed by atoms with van der Waals surface area (Å²) >= 11 is 0. The number of aryl methyl sites for hydroxylation is 1. The number of hydrogen-bond donors (Lipinski definition) is 11. The van der Waals surface area contributed by atoms with Crippen LogP contribution in [0.15, 0.2) is 36.4 Å². The van der Waals surface area contributed by atoms with Crippen LogP contribution in [0.4, 0.5) is 0 Å². The molecule has 3 heterocycles. The molecule has 0 saturated carbocycles. The number of phenolic OH excluding ortho intramolecular Hbond substituents is 4. The topological polar surface area (TPSA) is 295 Å². The van der Waals surface area contributed by atoms with Gasteiger partial charge in [0, 0.05) is 12.3 Å². The number of phenols is 4. The zero-order chi connectivity index (χ0) is 38.7. The van der Waals surface area contributed by atoms with E-state index < -0.39 is 104 Å². The van der Waals surface area contributed by atoms with Crippen LogP contribution >= 0.6 is 0 Å². The number of carbonyl (C=O) groups is 1. The first kappa shape index (κ1) is 40.8. The molecule has 0 spiro atoms. The largest absolute Gasteiger partial charge is 0.504 e. The number of aliphatic hydroxyl groups excluding tert-OH is 7. The van der Waals surface area contributed by atoms with Crippen molar-refractivity contribution in [1.29, 1.82) is 0 Å². The highest BCUT2D eigenvalue weighted by Gasteiger charge is 2.54. The number of carbonyl (C=O) groups excluding carboxylic acids is 1. The van der Waals surface area contributed by atoms with Gasteiger partial charge in [0.25, 0.3) is 0 Å². The molecule has 3 saturated heterocycles. The van der Waals surface area contributed by atoms with Crippen LogP contribution in [0, 0.1) is 5.92 Å². The number of hydrogen-bond acceptors (Lipinski definition) is 18. The standard InChI is InChI=1S/C35H48O18/c1-14-25(41)29(45)28(44)23(49-14)13-18-27(43)33(48-10-9-17-4-7-20(37)22(39)12-17)52-35(53-34-31(47)30(46)26(42)15(2)50-34)32(18)51-24(40)8-5-16-3-6-19(36)21(38)11-16/h3-4,6-7,11-12,14-15,18,23,25-39,41-47H,5,8-10,13H2,1-2H3/t14-,15+,18+,23+,25-,26-,27-,28-,29+,30-,31-,32+,33+,34-,35+/m0/s1. The summed E-state index contributed by atoms with van der Waals surface area (Å²) in [7, 11) is 0. The van der Waals surface area contributed by atoms with E-state index in [4.69, 9.17) is 28.4 Å². The first-order valence-corrected chi connectivity index (χ1v) is 17.3. The van der Waals surface area contributed by atoms with Crippen LogP contribution in [0.1, 0.15) is 37.8 Å². The summed E-state index contributed by atoms with van der Waals surface area (Å²) in [5.41, 5.74) is 1.02. The van der Waals surface area contributed by atoms with Crippen LogP contribution in [0.3, 0.4) is 0 Å². The summed E-state index contributed by atoms with van der Waals surface area (Å²) in [6.45, 7) is 2.75. The molecule has 18 heteroatoms. The number of rotatable bonds is 12. The number of ether oxygens (including phenoxy) is 6. The molecule has 3 fully saturated rings. The maximum Gasteiger partial charge on any atom is 0.306 e. The van der Waals surface area contributed by atoms with E-state index in [9.17, 15) is 61.0 Å². The lowest BCUT2D eigenvalue weighted by molar-refractivity contribution is -0.394. The maximum absolute atomic E-state index is 13.4. The monoisotopic (exact) mass is 756 g/mol. The van der Waals surface area contributed by atoms with Crippen molar-refractivity contribution in [2.24, 2.45) is 5.92 Å². The summed E-state index contributed by atoms with van der Waals surface area (Å²) in [5.74, 6) is -3.57. The quantitative estimate of drug-likeness (QED) is 0.0856. The van der Waals surface area contributed by atoms with E-state index in [1.165, 1.54) is 50.2 Å². The molecule has 0 amide bonds. The highest BCUT2D eigenvalue weighted by molar-refractivity contribution is 5.70. The van der Waals surface area contributed by atoms with Crippen molar-refractivity contribution >= 4 is 5.97 Å². The van der Waals surface area contributed by atoms with Crippen molar-refractivity contribution in [3.05, 3.63) is 47.5 Å². The average Bonchev–Trinajstić information content (AvgIpc) is 3.12. The third-order valence-corrected chi connectivity index (χ3v) is 9.85. The molecule has 11 N–H and O–H groups in total. The van der Waals surface area contributed by atoms with Crippen molar-refractivity contribution in [3.8, 4) is 23.0 Å². The normalized spacial score (nSPS) is 37.6. The predicted molar refractivity (Wildman–Crippen MR) is 176 cm³/mol. The van der Waals surface area contributed by atoms with Gasteiger partial charge in [-0.15, -0.1) is 0 Å². The molecule has 0 bridgehead atoms. The van der Waals surface area contributed by atoms with E-state index in [1.54, 1.807) is 0 Å². The van der Waals surface area contributed by atoms with E-state index in [0.717, 1.165) is 0 Å². The predicted octanol–water partition coefficient (Wildman–Crippen LogP) is -1.62. The van der Waals surface area contributed by atoms with Gasteiger partial charge >= 0.3 is 5.97 Å². The van der Waals surface area contributed by atoms with Gasteiger partial charge in [0.1, 0.15) is 42.7 Å². The molecule has 53 heavy (non-hydrogen) atoms. The fourth-order valence-corrected chi connectivity index (χ4v) is 6.61. The summed E-state index contributed by atoms with van der Waals surface area (Å²) in [6.07, 6.45) is -21.6. The Hall–Kier alpha value is -3.37. The third-order valence-electron chi connectivity index (χ3n) is 9.85. The molecule has 0 radical (unpaired) electrons. The van der Waals surface area contributed by atoms with Crippen LogP contribution in [-0.2, 0) is 46.1 Å². The zero-order valence-corrected chi connectivity index (χ0v) is 28.9. The van der Waals surface area contributed by atoms with Crippen molar-refractivity contribution in [2.45, 2.75) is 126 Å². The van der Waals surface area contributed by atoms with Crippen molar-refractivity contribution < 1.29 is 89.4 Å². The molecule has 3 aliphatic heterocycles. The Morgan fingerprint density at radius 2 is 1.19 bits per heavy atom. The van der Waals surface area contributed by atoms with Crippen molar-refractivity contribution in [1.82, 2.24) is 0 Å². The van der Waals surface area contributed by atoms with Gasteiger partial charge in [-0.2, -0.15) is 0 Å².